The molecule has 168 valence electrons. The van der Waals surface area contributed by atoms with Gasteiger partial charge in [-0.25, -0.2) is 4.79 Å². The lowest BCUT2D eigenvalue weighted by atomic mass is 10.0. The summed E-state index contributed by atoms with van der Waals surface area (Å²) in [7, 11) is 1.38. The molecule has 3 rings (SSSR count). The summed E-state index contributed by atoms with van der Waals surface area (Å²) in [4.78, 5) is 27.4. The van der Waals surface area contributed by atoms with Crippen LogP contribution >= 0.6 is 11.3 Å². The number of aryl methyl sites for hydroxylation is 1. The number of rotatable bonds is 11. The summed E-state index contributed by atoms with van der Waals surface area (Å²) in [5.74, 6) is -0.364. The van der Waals surface area contributed by atoms with Crippen LogP contribution in [0.3, 0.4) is 0 Å². The normalized spacial score (nSPS) is 17.2. The smallest absolute Gasteiger partial charge is 0.348 e. The van der Waals surface area contributed by atoms with Crippen molar-refractivity contribution in [3.8, 4) is 0 Å². The number of carbonyl (C=O) groups excluding carboxylic acids is 2. The van der Waals surface area contributed by atoms with Crippen molar-refractivity contribution < 1.29 is 24.2 Å². The minimum absolute atomic E-state index is 0.0506. The molecule has 1 saturated heterocycles. The highest BCUT2D eigenvalue weighted by Crippen LogP contribution is 2.29. The largest absolute Gasteiger partial charge is 0.465 e. The first-order valence-electron chi connectivity index (χ1n) is 10.9. The van der Waals surface area contributed by atoms with Crippen LogP contribution in [0.2, 0.25) is 0 Å². The Kier molecular flexibility index (Phi) is 8.63. The van der Waals surface area contributed by atoms with Crippen LogP contribution in [0.4, 0.5) is 5.69 Å². The summed E-state index contributed by atoms with van der Waals surface area (Å²) in [5.41, 5.74) is 1.67. The van der Waals surface area contributed by atoms with Gasteiger partial charge in [-0.15, -0.1) is 11.3 Å². The van der Waals surface area contributed by atoms with Crippen molar-refractivity contribution in [2.45, 2.75) is 64.2 Å². The van der Waals surface area contributed by atoms with Gasteiger partial charge in [-0.1, -0.05) is 38.3 Å². The van der Waals surface area contributed by atoms with E-state index < -0.39 is 6.10 Å². The standard InChI is InChI=1S/C24H31NO5S/c1-3-4-5-8-20(26)17-10-12-18(13-11-17)25-22(27)16-30-23(25)9-6-7-19-14-15-21(31-19)24(28)29-2/h10-15,20,23,26H,3-9,16H2,1-2H3/t20-,23+/m0/s1. The lowest BCUT2D eigenvalue weighted by molar-refractivity contribution is -0.117. The highest BCUT2D eigenvalue weighted by atomic mass is 32.1. The third kappa shape index (κ3) is 6.15. The molecule has 1 amide bonds. The Morgan fingerprint density at radius 1 is 1.23 bits per heavy atom. The van der Waals surface area contributed by atoms with Crippen molar-refractivity contribution in [3.63, 3.8) is 0 Å². The lowest BCUT2D eigenvalue weighted by Gasteiger charge is -2.23. The van der Waals surface area contributed by atoms with Gasteiger partial charge in [0.1, 0.15) is 17.7 Å². The maximum atomic E-state index is 12.4. The number of methoxy groups -OCH3 is 1. The highest BCUT2D eigenvalue weighted by Gasteiger charge is 2.32. The molecule has 0 bridgehead atoms. The van der Waals surface area contributed by atoms with Crippen molar-refractivity contribution in [1.82, 2.24) is 0 Å². The number of ether oxygens (including phenoxy) is 2. The number of thiophene rings is 1. The molecule has 0 saturated carbocycles. The molecular formula is C24H31NO5S. The predicted octanol–water partition coefficient (Wildman–Crippen LogP) is 4.86. The molecule has 7 heteroatoms. The number of hydrogen-bond acceptors (Lipinski definition) is 6. The van der Waals surface area contributed by atoms with E-state index in [0.29, 0.717) is 11.3 Å². The van der Waals surface area contributed by atoms with Gasteiger partial charge >= 0.3 is 5.97 Å². The summed E-state index contributed by atoms with van der Waals surface area (Å²) < 4.78 is 10.5. The average molecular weight is 446 g/mol. The summed E-state index contributed by atoms with van der Waals surface area (Å²) in [6, 6.07) is 11.3. The molecule has 0 spiro atoms. The number of amides is 1. The molecule has 0 unspecified atom stereocenters. The fourth-order valence-electron chi connectivity index (χ4n) is 3.78. The monoisotopic (exact) mass is 445 g/mol. The second kappa shape index (κ2) is 11.4. The Morgan fingerprint density at radius 3 is 2.71 bits per heavy atom. The zero-order valence-electron chi connectivity index (χ0n) is 18.2. The van der Waals surface area contributed by atoms with E-state index in [4.69, 9.17) is 9.47 Å². The van der Waals surface area contributed by atoms with Gasteiger partial charge < -0.3 is 14.6 Å². The zero-order chi connectivity index (χ0) is 22.2. The number of aliphatic hydroxyl groups excluding tert-OH is 1. The van der Waals surface area contributed by atoms with Crippen molar-refractivity contribution in [2.75, 3.05) is 18.6 Å². The number of anilines is 1. The average Bonchev–Trinajstić information content (AvgIpc) is 3.40. The molecule has 0 radical (unpaired) electrons. The van der Waals surface area contributed by atoms with Crippen molar-refractivity contribution in [3.05, 3.63) is 51.7 Å². The Hall–Kier alpha value is -2.22. The Bertz CT molecular complexity index is 863. The first-order valence-corrected chi connectivity index (χ1v) is 11.7. The molecule has 2 atom stereocenters. The third-order valence-electron chi connectivity index (χ3n) is 5.52. The van der Waals surface area contributed by atoms with Crippen LogP contribution < -0.4 is 4.90 Å². The summed E-state index contributed by atoms with van der Waals surface area (Å²) >= 11 is 1.44. The summed E-state index contributed by atoms with van der Waals surface area (Å²) in [6.07, 6.45) is 5.59. The molecule has 0 aliphatic carbocycles. The van der Waals surface area contributed by atoms with Crippen LogP contribution in [0.25, 0.3) is 0 Å². The Balaban J connectivity index is 1.55. The van der Waals surface area contributed by atoms with E-state index >= 15 is 0 Å². The van der Waals surface area contributed by atoms with E-state index in [2.05, 4.69) is 6.92 Å². The molecule has 1 N–H and O–H groups in total. The maximum Gasteiger partial charge on any atom is 0.348 e. The Labute approximate surface area is 187 Å². The van der Waals surface area contributed by atoms with Crippen LogP contribution in [0.15, 0.2) is 36.4 Å². The van der Waals surface area contributed by atoms with Gasteiger partial charge in [-0.2, -0.15) is 0 Å². The van der Waals surface area contributed by atoms with E-state index in [-0.39, 0.29) is 24.7 Å². The van der Waals surface area contributed by atoms with E-state index in [0.717, 1.165) is 54.7 Å². The van der Waals surface area contributed by atoms with E-state index in [9.17, 15) is 14.7 Å². The van der Waals surface area contributed by atoms with E-state index in [1.807, 2.05) is 30.3 Å². The lowest BCUT2D eigenvalue weighted by Crippen LogP contribution is -2.33. The Morgan fingerprint density at radius 2 is 2.00 bits per heavy atom. The zero-order valence-corrected chi connectivity index (χ0v) is 19.0. The minimum Gasteiger partial charge on any atom is -0.465 e. The maximum absolute atomic E-state index is 12.4. The van der Waals surface area contributed by atoms with E-state index in [1.165, 1.54) is 18.4 Å². The quantitative estimate of drug-likeness (QED) is 0.395. The first kappa shape index (κ1) is 23.4. The van der Waals surface area contributed by atoms with Crippen LogP contribution in [-0.2, 0) is 20.7 Å². The SMILES string of the molecule is CCCCC[C@H](O)c1ccc(N2C(=O)CO[C@@H]2CCCc2ccc(C(=O)OC)s2)cc1. The second-order valence-electron chi connectivity index (χ2n) is 7.78. The number of hydrogen-bond donors (Lipinski definition) is 1. The van der Waals surface area contributed by atoms with Gasteiger partial charge in [-0.05, 0) is 55.5 Å². The second-order valence-corrected chi connectivity index (χ2v) is 8.95. The first-order chi connectivity index (χ1) is 15.0. The van der Waals surface area contributed by atoms with Gasteiger partial charge in [-0.3, -0.25) is 9.69 Å². The molecule has 2 aromatic rings. The number of aliphatic hydroxyl groups is 1. The van der Waals surface area contributed by atoms with Gasteiger partial charge in [0.05, 0.1) is 13.2 Å². The number of unbranched alkanes of at least 4 members (excludes halogenated alkanes) is 2. The molecule has 6 nitrogen and oxygen atoms in total. The van der Waals surface area contributed by atoms with Gasteiger partial charge in [0.25, 0.3) is 5.91 Å². The van der Waals surface area contributed by atoms with Crippen LogP contribution in [-0.4, -0.2) is 36.9 Å². The number of benzene rings is 1. The van der Waals surface area contributed by atoms with Gasteiger partial charge in [0.2, 0.25) is 0 Å². The molecule has 1 aliphatic heterocycles. The highest BCUT2D eigenvalue weighted by molar-refractivity contribution is 7.13. The predicted molar refractivity (Wildman–Crippen MR) is 121 cm³/mol. The van der Waals surface area contributed by atoms with Gasteiger partial charge in [0, 0.05) is 10.6 Å². The van der Waals surface area contributed by atoms with Crippen molar-refractivity contribution in [2.24, 2.45) is 0 Å². The summed E-state index contributed by atoms with van der Waals surface area (Å²) in [5, 5.41) is 10.4. The number of esters is 1. The molecule has 1 aromatic carbocycles. The molecular weight excluding hydrogens is 414 g/mol. The van der Waals surface area contributed by atoms with E-state index in [1.54, 1.807) is 11.0 Å². The summed E-state index contributed by atoms with van der Waals surface area (Å²) in [6.45, 7) is 2.23. The topological polar surface area (TPSA) is 76.1 Å². The van der Waals surface area contributed by atoms with Gasteiger partial charge in [0.15, 0.2) is 0 Å². The van der Waals surface area contributed by atoms with Crippen LogP contribution in [0.5, 0.6) is 0 Å². The fourth-order valence-corrected chi connectivity index (χ4v) is 4.75. The van der Waals surface area contributed by atoms with Crippen molar-refractivity contribution in [1.29, 1.82) is 0 Å². The minimum atomic E-state index is -0.470. The van der Waals surface area contributed by atoms with Crippen LogP contribution in [0.1, 0.15) is 71.7 Å². The molecule has 1 aliphatic rings. The van der Waals surface area contributed by atoms with Crippen LogP contribution in [0, 0.1) is 0 Å². The third-order valence-corrected chi connectivity index (χ3v) is 6.64. The van der Waals surface area contributed by atoms with Crippen molar-refractivity contribution >= 4 is 28.9 Å². The molecule has 1 fully saturated rings. The molecule has 1 aromatic heterocycles. The number of carbonyl (C=O) groups is 2. The molecule has 31 heavy (non-hydrogen) atoms. The number of nitrogens with zero attached hydrogens (tertiary/aromatic N) is 1. The fraction of sp³-hybridized carbons (Fsp3) is 0.500. The molecule has 2 heterocycles.